The van der Waals surface area contributed by atoms with Gasteiger partial charge in [0.1, 0.15) is 5.82 Å². The minimum atomic E-state index is -0.257. The van der Waals surface area contributed by atoms with E-state index in [2.05, 4.69) is 17.1 Å². The fraction of sp³-hybridized carbons (Fsp3) is 0.714. The molecule has 1 aliphatic carbocycles. The Bertz CT molecular complexity index is 759. The van der Waals surface area contributed by atoms with E-state index in [1.807, 2.05) is 9.80 Å². The molecule has 0 spiro atoms. The lowest BCUT2D eigenvalue weighted by Gasteiger charge is -2.37. The smallest absolute Gasteiger partial charge is 0.317 e. The maximum atomic E-state index is 13.3. The molecule has 1 heterocycles. The van der Waals surface area contributed by atoms with Crippen LogP contribution >= 0.6 is 0 Å². The number of nitrogens with zero attached hydrogens (tertiary/aromatic N) is 3. The van der Waals surface area contributed by atoms with Crippen LogP contribution in [0.2, 0.25) is 0 Å². The molecule has 1 saturated carbocycles. The van der Waals surface area contributed by atoms with Gasteiger partial charge in [-0.1, -0.05) is 64.0 Å². The average Bonchev–Trinajstić information content (AvgIpc) is 2.88. The minimum Gasteiger partial charge on any atom is -0.337 e. The molecule has 2 fully saturated rings. The molecule has 2 aliphatic rings. The van der Waals surface area contributed by atoms with Crippen LogP contribution in [0.15, 0.2) is 24.3 Å². The summed E-state index contributed by atoms with van der Waals surface area (Å²) in [7, 11) is 0. The summed E-state index contributed by atoms with van der Waals surface area (Å²) >= 11 is 0. The molecule has 35 heavy (non-hydrogen) atoms. The van der Waals surface area contributed by atoms with Crippen molar-refractivity contribution in [3.63, 3.8) is 0 Å². The van der Waals surface area contributed by atoms with Crippen molar-refractivity contribution >= 4 is 11.9 Å². The van der Waals surface area contributed by atoms with E-state index in [1.54, 1.807) is 12.1 Å². The number of unbranched alkanes of at least 4 members (excludes halogenated alkanes) is 4. The van der Waals surface area contributed by atoms with E-state index in [1.165, 1.54) is 50.7 Å². The molecule has 1 aliphatic heterocycles. The SMILES string of the molecule is CCCCCCCC(=O)N(CCN1CCN(C(=O)NC2CCCCC2)CC1)Cc1ccc(F)cc1. The highest BCUT2D eigenvalue weighted by molar-refractivity contribution is 5.76. The number of carbonyl (C=O) groups is 2. The Labute approximate surface area is 211 Å². The zero-order chi connectivity index (χ0) is 24.9. The van der Waals surface area contributed by atoms with Crippen molar-refractivity contribution in [2.24, 2.45) is 0 Å². The van der Waals surface area contributed by atoms with Gasteiger partial charge in [0, 0.05) is 58.3 Å². The van der Waals surface area contributed by atoms with E-state index >= 15 is 0 Å². The molecule has 1 aromatic rings. The van der Waals surface area contributed by atoms with Crippen LogP contribution in [0.4, 0.5) is 9.18 Å². The van der Waals surface area contributed by atoms with E-state index in [0.29, 0.717) is 25.6 Å². The van der Waals surface area contributed by atoms with Gasteiger partial charge in [0.05, 0.1) is 0 Å². The lowest BCUT2D eigenvalue weighted by molar-refractivity contribution is -0.132. The van der Waals surface area contributed by atoms with Gasteiger partial charge in [0.25, 0.3) is 0 Å². The maximum absolute atomic E-state index is 13.3. The number of halogens is 1. The van der Waals surface area contributed by atoms with Crippen LogP contribution in [-0.4, -0.2) is 71.9 Å². The number of carbonyl (C=O) groups excluding carboxylic acids is 2. The lowest BCUT2D eigenvalue weighted by Crippen LogP contribution is -2.54. The standard InChI is InChI=1S/C28H45FN4O2/c1-2-3-4-5-9-12-27(34)33(23-24-13-15-25(29)16-14-24)22-19-31-17-20-32(21-18-31)28(35)30-26-10-7-6-8-11-26/h13-16,26H,2-12,17-23H2,1H3,(H,30,35). The van der Waals surface area contributed by atoms with E-state index in [4.69, 9.17) is 0 Å². The first-order valence-electron chi connectivity index (χ1n) is 13.8. The molecule has 6 nitrogen and oxygen atoms in total. The molecule has 7 heteroatoms. The van der Waals surface area contributed by atoms with Crippen LogP contribution in [0.1, 0.15) is 83.1 Å². The van der Waals surface area contributed by atoms with Crippen LogP contribution in [0.25, 0.3) is 0 Å². The fourth-order valence-corrected chi connectivity index (χ4v) is 5.09. The number of hydrogen-bond donors (Lipinski definition) is 1. The monoisotopic (exact) mass is 488 g/mol. The summed E-state index contributed by atoms with van der Waals surface area (Å²) in [6, 6.07) is 6.86. The summed E-state index contributed by atoms with van der Waals surface area (Å²) in [5.74, 6) is -0.0794. The fourth-order valence-electron chi connectivity index (χ4n) is 5.09. The third-order valence-electron chi connectivity index (χ3n) is 7.41. The Balaban J connectivity index is 1.44. The van der Waals surface area contributed by atoms with Gasteiger partial charge in [-0.3, -0.25) is 9.69 Å². The number of amides is 3. The molecular weight excluding hydrogens is 443 g/mol. The summed E-state index contributed by atoms with van der Waals surface area (Å²) in [5.41, 5.74) is 0.954. The Morgan fingerprint density at radius 3 is 2.34 bits per heavy atom. The highest BCUT2D eigenvalue weighted by Crippen LogP contribution is 2.18. The number of urea groups is 1. The van der Waals surface area contributed by atoms with E-state index < -0.39 is 0 Å². The highest BCUT2D eigenvalue weighted by Gasteiger charge is 2.24. The molecule has 0 radical (unpaired) electrons. The third kappa shape index (κ3) is 9.79. The second-order valence-electron chi connectivity index (χ2n) is 10.2. The zero-order valence-corrected chi connectivity index (χ0v) is 21.7. The van der Waals surface area contributed by atoms with Gasteiger partial charge < -0.3 is 15.1 Å². The largest absolute Gasteiger partial charge is 0.337 e. The van der Waals surface area contributed by atoms with Crippen molar-refractivity contribution in [1.82, 2.24) is 20.0 Å². The Kier molecular flexibility index (Phi) is 11.8. The molecule has 0 bridgehead atoms. The summed E-state index contributed by atoms with van der Waals surface area (Å²) in [5, 5.41) is 3.22. The minimum absolute atomic E-state index is 0.0766. The molecule has 196 valence electrons. The Hall–Kier alpha value is -2.15. The van der Waals surface area contributed by atoms with Crippen LogP contribution in [-0.2, 0) is 11.3 Å². The maximum Gasteiger partial charge on any atom is 0.317 e. The van der Waals surface area contributed by atoms with Gasteiger partial charge in [0.15, 0.2) is 0 Å². The molecule has 3 rings (SSSR count). The summed E-state index contributed by atoms with van der Waals surface area (Å²) in [4.78, 5) is 31.9. The normalized spacial score (nSPS) is 17.4. The molecule has 0 unspecified atom stereocenters. The van der Waals surface area contributed by atoms with Crippen molar-refractivity contribution in [3.05, 3.63) is 35.6 Å². The van der Waals surface area contributed by atoms with E-state index in [9.17, 15) is 14.0 Å². The molecule has 3 amide bonds. The van der Waals surface area contributed by atoms with Gasteiger partial charge in [0.2, 0.25) is 5.91 Å². The highest BCUT2D eigenvalue weighted by atomic mass is 19.1. The van der Waals surface area contributed by atoms with Crippen LogP contribution in [0.3, 0.4) is 0 Å². The topological polar surface area (TPSA) is 55.9 Å². The number of nitrogens with one attached hydrogen (secondary N) is 1. The number of rotatable bonds is 12. The quantitative estimate of drug-likeness (QED) is 0.413. The first-order valence-corrected chi connectivity index (χ1v) is 13.8. The van der Waals surface area contributed by atoms with E-state index in [-0.39, 0.29) is 17.8 Å². The second-order valence-corrected chi connectivity index (χ2v) is 10.2. The molecule has 1 N–H and O–H groups in total. The predicted octanol–water partition coefficient (Wildman–Crippen LogP) is 5.17. The third-order valence-corrected chi connectivity index (χ3v) is 7.41. The molecule has 0 atom stereocenters. The second kappa shape index (κ2) is 15.1. The van der Waals surface area contributed by atoms with Crippen molar-refractivity contribution in [2.75, 3.05) is 39.3 Å². The van der Waals surface area contributed by atoms with E-state index in [0.717, 1.165) is 64.0 Å². The summed E-state index contributed by atoms with van der Waals surface area (Å²) in [6.45, 7) is 7.25. The van der Waals surface area contributed by atoms with Gasteiger partial charge in [-0.2, -0.15) is 0 Å². The van der Waals surface area contributed by atoms with Crippen molar-refractivity contribution in [3.8, 4) is 0 Å². The average molecular weight is 489 g/mol. The van der Waals surface area contributed by atoms with Gasteiger partial charge in [-0.15, -0.1) is 0 Å². The number of piperazine rings is 1. The van der Waals surface area contributed by atoms with Gasteiger partial charge in [-0.25, -0.2) is 9.18 Å². The summed E-state index contributed by atoms with van der Waals surface area (Å²) < 4.78 is 13.3. The Morgan fingerprint density at radius 2 is 1.66 bits per heavy atom. The molecular formula is C28H45FN4O2. The van der Waals surface area contributed by atoms with Crippen LogP contribution in [0, 0.1) is 5.82 Å². The molecule has 0 aromatic heterocycles. The number of benzene rings is 1. The van der Waals surface area contributed by atoms with Crippen molar-refractivity contribution in [2.45, 2.75) is 90.1 Å². The zero-order valence-electron chi connectivity index (χ0n) is 21.7. The summed E-state index contributed by atoms with van der Waals surface area (Å²) in [6.07, 6.45) is 12.1. The van der Waals surface area contributed by atoms with Crippen LogP contribution in [0.5, 0.6) is 0 Å². The molecule has 1 saturated heterocycles. The molecule has 1 aromatic carbocycles. The first kappa shape index (κ1) is 27.4. The van der Waals surface area contributed by atoms with Crippen molar-refractivity contribution < 1.29 is 14.0 Å². The van der Waals surface area contributed by atoms with Gasteiger partial charge in [-0.05, 0) is 37.0 Å². The van der Waals surface area contributed by atoms with Crippen molar-refractivity contribution in [1.29, 1.82) is 0 Å². The predicted molar refractivity (Wildman–Crippen MR) is 139 cm³/mol. The first-order chi connectivity index (χ1) is 17.0. The Morgan fingerprint density at radius 1 is 0.971 bits per heavy atom. The number of hydrogen-bond acceptors (Lipinski definition) is 3. The van der Waals surface area contributed by atoms with Crippen LogP contribution < -0.4 is 5.32 Å². The van der Waals surface area contributed by atoms with Gasteiger partial charge >= 0.3 is 6.03 Å². The lowest BCUT2D eigenvalue weighted by atomic mass is 9.96.